The van der Waals surface area contributed by atoms with Crippen molar-refractivity contribution in [3.05, 3.63) is 29.8 Å². The number of hydrogen-bond donors (Lipinski definition) is 1. The molecule has 0 aromatic heterocycles. The Balaban J connectivity index is 2.24. The maximum Gasteiger partial charge on any atom is 0.118 e. The average Bonchev–Trinajstić information content (AvgIpc) is 2.40. The van der Waals surface area contributed by atoms with Gasteiger partial charge >= 0.3 is 0 Å². The summed E-state index contributed by atoms with van der Waals surface area (Å²) in [6.07, 6.45) is 3.64. The largest absolute Gasteiger partial charge is 0.497 e. The zero-order chi connectivity index (χ0) is 12.1. The van der Waals surface area contributed by atoms with Crippen LogP contribution in [0.5, 0.6) is 5.75 Å². The second-order valence-electron chi connectivity index (χ2n) is 4.63. The van der Waals surface area contributed by atoms with Crippen LogP contribution in [0.25, 0.3) is 0 Å². The molecule has 2 rings (SSSR count). The fourth-order valence-electron chi connectivity index (χ4n) is 2.58. The molecular formula is C14H21NO2. The lowest BCUT2D eigenvalue weighted by molar-refractivity contribution is 0.0883. The van der Waals surface area contributed by atoms with Gasteiger partial charge in [-0.1, -0.05) is 12.1 Å². The molecule has 1 aliphatic heterocycles. The highest BCUT2D eigenvalue weighted by atomic mass is 16.5. The molecule has 0 aliphatic carbocycles. The summed E-state index contributed by atoms with van der Waals surface area (Å²) in [6.45, 7) is 1.79. The van der Waals surface area contributed by atoms with Crippen molar-refractivity contribution in [3.8, 4) is 5.75 Å². The summed E-state index contributed by atoms with van der Waals surface area (Å²) in [6, 6.07) is 8.30. The average molecular weight is 235 g/mol. The van der Waals surface area contributed by atoms with E-state index in [2.05, 4.69) is 17.4 Å². The van der Waals surface area contributed by atoms with Gasteiger partial charge in [-0.25, -0.2) is 0 Å². The highest BCUT2D eigenvalue weighted by Gasteiger charge is 2.33. The summed E-state index contributed by atoms with van der Waals surface area (Å²) < 4.78 is 10.6. The van der Waals surface area contributed by atoms with Crippen molar-refractivity contribution in [3.63, 3.8) is 0 Å². The summed E-state index contributed by atoms with van der Waals surface area (Å²) >= 11 is 0. The Hall–Kier alpha value is -1.06. The quantitative estimate of drug-likeness (QED) is 0.868. The van der Waals surface area contributed by atoms with E-state index >= 15 is 0 Å². The van der Waals surface area contributed by atoms with E-state index < -0.39 is 0 Å². The van der Waals surface area contributed by atoms with E-state index in [1.54, 1.807) is 14.2 Å². The lowest BCUT2D eigenvalue weighted by Gasteiger charge is -2.38. The topological polar surface area (TPSA) is 30.5 Å². The highest BCUT2D eigenvalue weighted by molar-refractivity contribution is 5.32. The molecule has 1 saturated heterocycles. The number of ether oxygens (including phenoxy) is 2. The Labute approximate surface area is 103 Å². The number of methoxy groups -OCH3 is 2. The molecule has 1 heterocycles. The fraction of sp³-hybridized carbons (Fsp3) is 0.571. The zero-order valence-electron chi connectivity index (χ0n) is 10.7. The van der Waals surface area contributed by atoms with Crippen LogP contribution in [0, 0.1) is 0 Å². The van der Waals surface area contributed by atoms with Crippen molar-refractivity contribution in [1.29, 1.82) is 0 Å². The van der Waals surface area contributed by atoms with Gasteiger partial charge < -0.3 is 14.8 Å². The van der Waals surface area contributed by atoms with E-state index in [0.29, 0.717) is 0 Å². The van der Waals surface area contributed by atoms with Gasteiger partial charge in [0.2, 0.25) is 0 Å². The van der Waals surface area contributed by atoms with Gasteiger partial charge in [0.1, 0.15) is 5.75 Å². The molecule has 0 radical (unpaired) electrons. The SMILES string of the molecule is COCC1(c2ccc(OC)cc2)CCCCN1. The van der Waals surface area contributed by atoms with Crippen LogP contribution >= 0.6 is 0 Å². The molecule has 1 unspecified atom stereocenters. The third kappa shape index (κ3) is 2.61. The molecule has 1 aromatic carbocycles. The van der Waals surface area contributed by atoms with E-state index in [4.69, 9.17) is 9.47 Å². The molecular weight excluding hydrogens is 214 g/mol. The van der Waals surface area contributed by atoms with Crippen molar-refractivity contribution in [1.82, 2.24) is 5.32 Å². The van der Waals surface area contributed by atoms with Gasteiger partial charge in [0.15, 0.2) is 0 Å². The lowest BCUT2D eigenvalue weighted by Crippen LogP contribution is -2.49. The minimum Gasteiger partial charge on any atom is -0.497 e. The molecule has 3 nitrogen and oxygen atoms in total. The zero-order valence-corrected chi connectivity index (χ0v) is 10.7. The maximum absolute atomic E-state index is 5.40. The molecule has 0 spiro atoms. The van der Waals surface area contributed by atoms with Crippen LogP contribution in [0.3, 0.4) is 0 Å². The van der Waals surface area contributed by atoms with Gasteiger partial charge in [-0.05, 0) is 43.5 Å². The van der Waals surface area contributed by atoms with Crippen molar-refractivity contribution < 1.29 is 9.47 Å². The molecule has 1 aromatic rings. The fourth-order valence-corrected chi connectivity index (χ4v) is 2.58. The standard InChI is InChI=1S/C14H21NO2/c1-16-11-14(9-3-4-10-15-14)12-5-7-13(17-2)8-6-12/h5-8,15H,3-4,9-11H2,1-2H3. The third-order valence-corrected chi connectivity index (χ3v) is 3.53. The van der Waals surface area contributed by atoms with Crippen LogP contribution in [-0.4, -0.2) is 27.4 Å². The van der Waals surface area contributed by atoms with Gasteiger partial charge in [0, 0.05) is 7.11 Å². The van der Waals surface area contributed by atoms with Crippen LogP contribution in [0.2, 0.25) is 0 Å². The second-order valence-corrected chi connectivity index (χ2v) is 4.63. The van der Waals surface area contributed by atoms with Crippen LogP contribution in [0.4, 0.5) is 0 Å². The van der Waals surface area contributed by atoms with E-state index in [1.807, 2.05) is 12.1 Å². The molecule has 1 atom stereocenters. The van der Waals surface area contributed by atoms with Crippen LogP contribution in [0.1, 0.15) is 24.8 Å². The first-order chi connectivity index (χ1) is 8.30. The molecule has 0 saturated carbocycles. The van der Waals surface area contributed by atoms with E-state index in [9.17, 15) is 0 Å². The summed E-state index contributed by atoms with van der Waals surface area (Å²) in [5.74, 6) is 0.900. The lowest BCUT2D eigenvalue weighted by atomic mass is 9.83. The van der Waals surface area contributed by atoms with Crippen molar-refractivity contribution in [2.24, 2.45) is 0 Å². The Morgan fingerprint density at radius 3 is 2.47 bits per heavy atom. The summed E-state index contributed by atoms with van der Waals surface area (Å²) in [4.78, 5) is 0. The summed E-state index contributed by atoms with van der Waals surface area (Å²) in [7, 11) is 3.46. The summed E-state index contributed by atoms with van der Waals surface area (Å²) in [5.41, 5.74) is 1.28. The molecule has 0 amide bonds. The number of piperidine rings is 1. The number of hydrogen-bond acceptors (Lipinski definition) is 3. The molecule has 3 heteroatoms. The van der Waals surface area contributed by atoms with Gasteiger partial charge in [0.25, 0.3) is 0 Å². The predicted molar refractivity (Wildman–Crippen MR) is 68.4 cm³/mol. The molecule has 0 bridgehead atoms. The van der Waals surface area contributed by atoms with E-state index in [-0.39, 0.29) is 5.54 Å². The number of nitrogens with one attached hydrogen (secondary N) is 1. The van der Waals surface area contributed by atoms with Crippen LogP contribution < -0.4 is 10.1 Å². The van der Waals surface area contributed by atoms with Crippen LogP contribution in [0.15, 0.2) is 24.3 Å². The molecule has 1 fully saturated rings. The monoisotopic (exact) mass is 235 g/mol. The Morgan fingerprint density at radius 1 is 1.18 bits per heavy atom. The minimum absolute atomic E-state index is 0.0146. The first-order valence-corrected chi connectivity index (χ1v) is 6.19. The van der Waals surface area contributed by atoms with Gasteiger partial charge in [-0.3, -0.25) is 0 Å². The van der Waals surface area contributed by atoms with Crippen LogP contribution in [-0.2, 0) is 10.3 Å². The normalized spacial score (nSPS) is 24.6. The Kier molecular flexibility index (Phi) is 4.02. The smallest absolute Gasteiger partial charge is 0.118 e. The van der Waals surface area contributed by atoms with E-state index in [0.717, 1.165) is 25.3 Å². The molecule has 17 heavy (non-hydrogen) atoms. The van der Waals surface area contributed by atoms with Gasteiger partial charge in [-0.15, -0.1) is 0 Å². The van der Waals surface area contributed by atoms with E-state index in [1.165, 1.54) is 18.4 Å². The predicted octanol–water partition coefficient (Wildman–Crippen LogP) is 2.31. The number of rotatable bonds is 4. The van der Waals surface area contributed by atoms with Gasteiger partial charge in [0.05, 0.1) is 19.3 Å². The van der Waals surface area contributed by atoms with Gasteiger partial charge in [-0.2, -0.15) is 0 Å². The van der Waals surface area contributed by atoms with Crippen molar-refractivity contribution in [2.45, 2.75) is 24.8 Å². The molecule has 1 N–H and O–H groups in total. The van der Waals surface area contributed by atoms with Crippen molar-refractivity contribution >= 4 is 0 Å². The molecule has 94 valence electrons. The Morgan fingerprint density at radius 2 is 1.94 bits per heavy atom. The number of benzene rings is 1. The first kappa shape index (κ1) is 12.4. The third-order valence-electron chi connectivity index (χ3n) is 3.53. The summed E-state index contributed by atoms with van der Waals surface area (Å²) in [5, 5.41) is 3.62. The molecule has 1 aliphatic rings. The Bertz CT molecular complexity index is 336. The highest BCUT2D eigenvalue weighted by Crippen LogP contribution is 2.31. The first-order valence-electron chi connectivity index (χ1n) is 6.19. The second kappa shape index (κ2) is 5.52. The maximum atomic E-state index is 5.40. The van der Waals surface area contributed by atoms with Crippen molar-refractivity contribution in [2.75, 3.05) is 27.4 Å². The minimum atomic E-state index is -0.0146.